The fourth-order valence-corrected chi connectivity index (χ4v) is 2.78. The number of nitrogens with one attached hydrogen (secondary N) is 2. The molecular formula is C23H20FN3O4. The molecular weight excluding hydrogens is 401 g/mol. The van der Waals surface area contributed by atoms with Crippen molar-refractivity contribution in [2.75, 3.05) is 19.5 Å². The van der Waals surface area contributed by atoms with Gasteiger partial charge in [0.05, 0.1) is 37.2 Å². The van der Waals surface area contributed by atoms with E-state index in [9.17, 15) is 14.0 Å². The topological polar surface area (TPSA) is 89.0 Å². The van der Waals surface area contributed by atoms with Crippen molar-refractivity contribution >= 4 is 23.7 Å². The highest BCUT2D eigenvalue weighted by Crippen LogP contribution is 2.26. The van der Waals surface area contributed by atoms with Crippen LogP contribution >= 0.6 is 0 Å². The van der Waals surface area contributed by atoms with Gasteiger partial charge in [0.25, 0.3) is 11.8 Å². The molecule has 0 aliphatic rings. The molecule has 0 heterocycles. The average Bonchev–Trinajstić information content (AvgIpc) is 2.79. The molecule has 8 heteroatoms. The van der Waals surface area contributed by atoms with Gasteiger partial charge in [-0.3, -0.25) is 9.59 Å². The Kier molecular flexibility index (Phi) is 6.95. The van der Waals surface area contributed by atoms with E-state index in [1.807, 2.05) is 0 Å². The third kappa shape index (κ3) is 5.24. The number of halogens is 1. The minimum Gasteiger partial charge on any atom is -0.493 e. The summed E-state index contributed by atoms with van der Waals surface area (Å²) in [6.45, 7) is 0. The van der Waals surface area contributed by atoms with Crippen molar-refractivity contribution in [3.8, 4) is 11.5 Å². The van der Waals surface area contributed by atoms with Gasteiger partial charge >= 0.3 is 0 Å². The van der Waals surface area contributed by atoms with Gasteiger partial charge in [0.15, 0.2) is 11.5 Å². The largest absolute Gasteiger partial charge is 0.493 e. The van der Waals surface area contributed by atoms with E-state index in [0.717, 1.165) is 0 Å². The standard InChI is InChI=1S/C23H20FN3O4/c1-30-20-12-11-15(13-21(20)31-2)14-25-27-23(29)17-8-4-6-10-19(17)26-22(28)16-7-3-5-9-18(16)24/h3-14H,1-2H3,(H,26,28)(H,27,29)/b25-14-. The van der Waals surface area contributed by atoms with Crippen molar-refractivity contribution in [3.05, 3.63) is 89.2 Å². The van der Waals surface area contributed by atoms with Crippen LogP contribution in [0.4, 0.5) is 10.1 Å². The lowest BCUT2D eigenvalue weighted by atomic mass is 10.1. The molecule has 2 N–H and O–H groups in total. The Labute approximate surface area is 178 Å². The van der Waals surface area contributed by atoms with Gasteiger partial charge < -0.3 is 14.8 Å². The maximum atomic E-state index is 13.9. The predicted molar refractivity (Wildman–Crippen MR) is 115 cm³/mol. The summed E-state index contributed by atoms with van der Waals surface area (Å²) in [6.07, 6.45) is 1.44. The molecule has 0 unspecified atom stereocenters. The quantitative estimate of drug-likeness (QED) is 0.448. The van der Waals surface area contributed by atoms with Crippen LogP contribution in [0.1, 0.15) is 26.3 Å². The van der Waals surface area contributed by atoms with E-state index in [-0.39, 0.29) is 16.8 Å². The van der Waals surface area contributed by atoms with E-state index < -0.39 is 17.6 Å². The zero-order valence-electron chi connectivity index (χ0n) is 16.9. The zero-order chi connectivity index (χ0) is 22.2. The lowest BCUT2D eigenvalue weighted by Gasteiger charge is -2.10. The summed E-state index contributed by atoms with van der Waals surface area (Å²) in [5, 5.41) is 6.51. The Morgan fingerprint density at radius 2 is 1.55 bits per heavy atom. The summed E-state index contributed by atoms with van der Waals surface area (Å²) in [5.41, 5.74) is 3.38. The molecule has 0 radical (unpaired) electrons. The maximum Gasteiger partial charge on any atom is 0.273 e. The van der Waals surface area contributed by atoms with E-state index in [2.05, 4.69) is 15.8 Å². The lowest BCUT2D eigenvalue weighted by Crippen LogP contribution is -2.21. The molecule has 0 saturated carbocycles. The number of hydrogen-bond donors (Lipinski definition) is 2. The molecule has 7 nitrogen and oxygen atoms in total. The van der Waals surface area contributed by atoms with Crippen molar-refractivity contribution in [3.63, 3.8) is 0 Å². The van der Waals surface area contributed by atoms with Crippen LogP contribution in [0.5, 0.6) is 11.5 Å². The fraction of sp³-hybridized carbons (Fsp3) is 0.0870. The number of carbonyl (C=O) groups excluding carboxylic acids is 2. The molecule has 0 aliphatic heterocycles. The Hall–Kier alpha value is -4.20. The number of methoxy groups -OCH3 is 2. The predicted octanol–water partition coefficient (Wildman–Crippen LogP) is 3.86. The van der Waals surface area contributed by atoms with Crippen LogP contribution in [-0.2, 0) is 0 Å². The molecule has 0 saturated heterocycles. The Morgan fingerprint density at radius 1 is 0.871 bits per heavy atom. The van der Waals surface area contributed by atoms with Crippen LogP contribution in [0.3, 0.4) is 0 Å². The van der Waals surface area contributed by atoms with Crippen LogP contribution in [-0.4, -0.2) is 32.2 Å². The number of rotatable bonds is 7. The van der Waals surface area contributed by atoms with Crippen molar-refractivity contribution in [1.82, 2.24) is 5.43 Å². The number of anilines is 1. The monoisotopic (exact) mass is 421 g/mol. The van der Waals surface area contributed by atoms with E-state index in [0.29, 0.717) is 17.1 Å². The molecule has 0 aliphatic carbocycles. The number of para-hydroxylation sites is 1. The van der Waals surface area contributed by atoms with E-state index in [1.165, 1.54) is 44.7 Å². The molecule has 31 heavy (non-hydrogen) atoms. The highest BCUT2D eigenvalue weighted by Gasteiger charge is 2.16. The van der Waals surface area contributed by atoms with Gasteiger partial charge in [-0.05, 0) is 48.0 Å². The molecule has 2 amide bonds. The molecule has 0 atom stereocenters. The summed E-state index contributed by atoms with van der Waals surface area (Å²) in [7, 11) is 3.06. The first-order chi connectivity index (χ1) is 15.0. The zero-order valence-corrected chi connectivity index (χ0v) is 16.9. The minimum absolute atomic E-state index is 0.121. The smallest absolute Gasteiger partial charge is 0.273 e. The van der Waals surface area contributed by atoms with Gasteiger partial charge in [-0.15, -0.1) is 0 Å². The van der Waals surface area contributed by atoms with Gasteiger partial charge in [0.1, 0.15) is 5.82 Å². The first-order valence-electron chi connectivity index (χ1n) is 9.24. The Balaban J connectivity index is 1.72. The van der Waals surface area contributed by atoms with Crippen LogP contribution in [0.2, 0.25) is 0 Å². The summed E-state index contributed by atoms with van der Waals surface area (Å²) in [6, 6.07) is 17.1. The highest BCUT2D eigenvalue weighted by atomic mass is 19.1. The number of hydrogen-bond acceptors (Lipinski definition) is 5. The molecule has 0 aromatic heterocycles. The van der Waals surface area contributed by atoms with Crippen molar-refractivity contribution in [2.45, 2.75) is 0 Å². The number of ether oxygens (including phenoxy) is 2. The molecule has 0 bridgehead atoms. The number of amides is 2. The average molecular weight is 421 g/mol. The van der Waals surface area contributed by atoms with Crippen molar-refractivity contribution in [2.24, 2.45) is 5.10 Å². The molecule has 3 aromatic carbocycles. The van der Waals surface area contributed by atoms with Crippen LogP contribution in [0.15, 0.2) is 71.8 Å². The van der Waals surface area contributed by atoms with E-state index in [4.69, 9.17) is 9.47 Å². The van der Waals surface area contributed by atoms with E-state index in [1.54, 1.807) is 42.5 Å². The van der Waals surface area contributed by atoms with Gasteiger partial charge in [0.2, 0.25) is 0 Å². The fourth-order valence-electron chi connectivity index (χ4n) is 2.78. The van der Waals surface area contributed by atoms with Gasteiger partial charge in [0, 0.05) is 0 Å². The van der Waals surface area contributed by atoms with Gasteiger partial charge in [-0.2, -0.15) is 5.10 Å². The second-order valence-electron chi connectivity index (χ2n) is 6.29. The number of carbonyl (C=O) groups is 2. The SMILES string of the molecule is COc1ccc(/C=N\NC(=O)c2ccccc2NC(=O)c2ccccc2F)cc1OC. The van der Waals surface area contributed by atoms with Crippen molar-refractivity contribution in [1.29, 1.82) is 0 Å². The molecule has 0 fully saturated rings. The normalized spacial score (nSPS) is 10.5. The number of hydrazone groups is 1. The van der Waals surface area contributed by atoms with E-state index >= 15 is 0 Å². The Morgan fingerprint density at radius 3 is 2.26 bits per heavy atom. The second-order valence-corrected chi connectivity index (χ2v) is 6.29. The summed E-state index contributed by atoms with van der Waals surface area (Å²) in [4.78, 5) is 25.0. The van der Waals surface area contributed by atoms with Crippen LogP contribution in [0, 0.1) is 5.82 Å². The maximum absolute atomic E-state index is 13.9. The number of nitrogens with zero attached hydrogens (tertiary/aromatic N) is 1. The van der Waals surface area contributed by atoms with Crippen molar-refractivity contribution < 1.29 is 23.5 Å². The first kappa shape index (κ1) is 21.5. The van der Waals surface area contributed by atoms with Gasteiger partial charge in [-0.25, -0.2) is 9.82 Å². The molecule has 3 aromatic rings. The second kappa shape index (κ2) is 10.0. The molecule has 3 rings (SSSR count). The summed E-state index contributed by atoms with van der Waals surface area (Å²) in [5.74, 6) is -0.753. The summed E-state index contributed by atoms with van der Waals surface area (Å²) >= 11 is 0. The number of benzene rings is 3. The molecule has 0 spiro atoms. The third-order valence-corrected chi connectivity index (χ3v) is 4.33. The molecule has 158 valence electrons. The lowest BCUT2D eigenvalue weighted by molar-refractivity contribution is 0.0956. The van der Waals surface area contributed by atoms with Crippen LogP contribution in [0.25, 0.3) is 0 Å². The highest BCUT2D eigenvalue weighted by molar-refractivity contribution is 6.09. The minimum atomic E-state index is -0.660. The third-order valence-electron chi connectivity index (χ3n) is 4.33. The van der Waals surface area contributed by atoms with Crippen LogP contribution < -0.4 is 20.2 Å². The summed E-state index contributed by atoms with van der Waals surface area (Å²) < 4.78 is 24.3. The Bertz CT molecular complexity index is 1130. The van der Waals surface area contributed by atoms with Gasteiger partial charge in [-0.1, -0.05) is 24.3 Å². The first-order valence-corrected chi connectivity index (χ1v) is 9.24.